The number of amides is 1. The number of terminal acetylenes is 1. The molecule has 0 radical (unpaired) electrons. The van der Waals surface area contributed by atoms with E-state index in [9.17, 15) is 14.0 Å². The van der Waals surface area contributed by atoms with Crippen LogP contribution in [-0.2, 0) is 9.59 Å². The Balaban J connectivity index is 1.39. The lowest BCUT2D eigenvalue weighted by atomic mass is 9.95. The van der Waals surface area contributed by atoms with Crippen LogP contribution in [0.2, 0.25) is 0 Å². The Bertz CT molecular complexity index is 2070. The van der Waals surface area contributed by atoms with Crippen LogP contribution in [0.15, 0.2) is 30.5 Å². The SMILES string of the molecule is C#Cc1c(F)ccc2cc(OC(C)=O)cc(-c3ncc4c(N5CCC[C@@H](N(C)C(C)=O)C5)nc(OC[C@@]56CCCN5C[C@H](F)C6)nc4c3F)c12. The van der Waals surface area contributed by atoms with Crippen molar-refractivity contribution in [1.82, 2.24) is 24.8 Å². The van der Waals surface area contributed by atoms with Crippen LogP contribution in [-0.4, -0.2) is 94.2 Å². The van der Waals surface area contributed by atoms with Gasteiger partial charge in [-0.05, 0) is 55.8 Å². The van der Waals surface area contributed by atoms with Crippen LogP contribution < -0.4 is 14.4 Å². The minimum atomic E-state index is -0.961. The summed E-state index contributed by atoms with van der Waals surface area (Å²) in [5.74, 6) is 0.657. The highest BCUT2D eigenvalue weighted by Gasteiger charge is 2.49. The Hall–Kier alpha value is -4.96. The van der Waals surface area contributed by atoms with Crippen molar-refractivity contribution in [3.63, 3.8) is 0 Å². The van der Waals surface area contributed by atoms with Gasteiger partial charge < -0.3 is 19.3 Å². The number of carbonyl (C=O) groups is 2. The number of carbonyl (C=O) groups excluding carboxylic acids is 2. The molecule has 3 aliphatic heterocycles. The summed E-state index contributed by atoms with van der Waals surface area (Å²) in [5.41, 5.74) is -0.783. The van der Waals surface area contributed by atoms with E-state index in [4.69, 9.17) is 20.9 Å². The zero-order valence-electron chi connectivity index (χ0n) is 28.1. The molecule has 3 aliphatic rings. The number of hydrogen-bond donors (Lipinski definition) is 0. The van der Waals surface area contributed by atoms with E-state index in [1.54, 1.807) is 11.9 Å². The van der Waals surface area contributed by atoms with Crippen molar-refractivity contribution in [2.24, 2.45) is 0 Å². The van der Waals surface area contributed by atoms with Crippen LogP contribution in [0.3, 0.4) is 0 Å². The van der Waals surface area contributed by atoms with Gasteiger partial charge in [0.2, 0.25) is 5.91 Å². The van der Waals surface area contributed by atoms with Crippen LogP contribution in [0.4, 0.5) is 19.0 Å². The van der Waals surface area contributed by atoms with Crippen LogP contribution in [0.5, 0.6) is 11.8 Å². The largest absolute Gasteiger partial charge is 0.461 e. The number of piperidine rings is 1. The quantitative estimate of drug-likeness (QED) is 0.143. The van der Waals surface area contributed by atoms with Gasteiger partial charge in [0.25, 0.3) is 0 Å². The first kappa shape index (κ1) is 33.5. The van der Waals surface area contributed by atoms with Crippen molar-refractivity contribution in [1.29, 1.82) is 0 Å². The molecule has 0 N–H and O–H groups in total. The highest BCUT2D eigenvalue weighted by molar-refractivity contribution is 6.03. The van der Waals surface area contributed by atoms with Gasteiger partial charge in [-0.1, -0.05) is 12.0 Å². The maximum absolute atomic E-state index is 17.1. The summed E-state index contributed by atoms with van der Waals surface area (Å²) in [6.07, 6.45) is 9.78. The first-order valence-corrected chi connectivity index (χ1v) is 16.8. The summed E-state index contributed by atoms with van der Waals surface area (Å²) in [6.45, 7) is 5.02. The first-order valence-electron chi connectivity index (χ1n) is 16.8. The number of pyridine rings is 1. The molecule has 3 fully saturated rings. The monoisotopic (exact) mass is 686 g/mol. The lowest BCUT2D eigenvalue weighted by molar-refractivity contribution is -0.132. The molecule has 5 heterocycles. The Morgan fingerprint density at radius 3 is 2.72 bits per heavy atom. The predicted octanol–water partition coefficient (Wildman–Crippen LogP) is 5.43. The van der Waals surface area contributed by atoms with Gasteiger partial charge in [0, 0.05) is 70.1 Å². The van der Waals surface area contributed by atoms with E-state index in [0.717, 1.165) is 32.2 Å². The number of rotatable bonds is 7. The zero-order chi connectivity index (χ0) is 35.3. The van der Waals surface area contributed by atoms with Crippen LogP contribution >= 0.6 is 0 Å². The van der Waals surface area contributed by atoms with Crippen LogP contribution in [0.1, 0.15) is 51.5 Å². The van der Waals surface area contributed by atoms with Crippen molar-refractivity contribution in [3.8, 4) is 35.4 Å². The maximum Gasteiger partial charge on any atom is 0.319 e. The molecule has 2 aromatic heterocycles. The van der Waals surface area contributed by atoms with E-state index in [1.807, 2.05) is 4.90 Å². The van der Waals surface area contributed by atoms with Crippen LogP contribution in [0.25, 0.3) is 32.9 Å². The average Bonchev–Trinajstić information content (AvgIpc) is 3.62. The first-order chi connectivity index (χ1) is 24.0. The number of esters is 1. The number of ether oxygens (including phenoxy) is 2. The number of aromatic nitrogens is 3. The van der Waals surface area contributed by atoms with Crippen LogP contribution in [0, 0.1) is 24.0 Å². The fourth-order valence-electron chi connectivity index (χ4n) is 7.85. The van der Waals surface area contributed by atoms with E-state index < -0.39 is 29.3 Å². The summed E-state index contributed by atoms with van der Waals surface area (Å²) < 4.78 is 58.2. The second kappa shape index (κ2) is 13.1. The number of alkyl halides is 1. The molecule has 3 atom stereocenters. The highest BCUT2D eigenvalue weighted by atomic mass is 19.1. The number of halogens is 3. The lowest BCUT2D eigenvalue weighted by Crippen LogP contribution is -2.48. The number of benzene rings is 2. The van der Waals surface area contributed by atoms with Gasteiger partial charge in [-0.2, -0.15) is 9.97 Å². The van der Waals surface area contributed by atoms with Gasteiger partial charge in [0.05, 0.1) is 16.5 Å². The fraction of sp³-hybridized carbons (Fsp3) is 0.432. The summed E-state index contributed by atoms with van der Waals surface area (Å²) in [7, 11) is 1.75. The molecular formula is C37H37F3N6O4. The molecule has 260 valence electrons. The van der Waals surface area contributed by atoms with E-state index in [-0.39, 0.29) is 58.0 Å². The van der Waals surface area contributed by atoms with Crippen molar-refractivity contribution in [3.05, 3.63) is 47.7 Å². The molecule has 10 nitrogen and oxygen atoms in total. The molecule has 1 amide bonds. The summed E-state index contributed by atoms with van der Waals surface area (Å²) in [4.78, 5) is 43.8. The molecule has 0 unspecified atom stereocenters. The summed E-state index contributed by atoms with van der Waals surface area (Å²) in [5, 5.41) is 0.936. The van der Waals surface area contributed by atoms with E-state index in [0.29, 0.717) is 42.6 Å². The molecule has 0 saturated carbocycles. The second-order valence-electron chi connectivity index (χ2n) is 13.5. The minimum absolute atomic E-state index is 0.0696. The minimum Gasteiger partial charge on any atom is -0.461 e. The normalized spacial score (nSPS) is 22.1. The van der Waals surface area contributed by atoms with Crippen molar-refractivity contribution in [2.75, 3.05) is 44.7 Å². The fourth-order valence-corrected chi connectivity index (χ4v) is 7.85. The molecule has 0 bridgehead atoms. The highest BCUT2D eigenvalue weighted by Crippen LogP contribution is 2.42. The van der Waals surface area contributed by atoms with E-state index in [2.05, 4.69) is 20.8 Å². The molecule has 0 spiro atoms. The molecule has 0 aliphatic carbocycles. The molecule has 3 saturated heterocycles. The number of fused-ring (bicyclic) bond motifs is 3. The summed E-state index contributed by atoms with van der Waals surface area (Å²) in [6, 6.07) is 5.40. The van der Waals surface area contributed by atoms with Crippen molar-refractivity contribution >= 4 is 39.4 Å². The van der Waals surface area contributed by atoms with Gasteiger partial charge in [0.15, 0.2) is 5.82 Å². The third kappa shape index (κ3) is 5.95. The van der Waals surface area contributed by atoms with Gasteiger partial charge in [0.1, 0.15) is 41.4 Å². The molecule has 2 aromatic carbocycles. The number of likely N-dealkylation sites (N-methyl/N-ethyl adjacent to an activating group) is 1. The number of hydrogen-bond acceptors (Lipinski definition) is 9. The summed E-state index contributed by atoms with van der Waals surface area (Å²) >= 11 is 0. The van der Waals surface area contributed by atoms with Crippen molar-refractivity contribution in [2.45, 2.75) is 63.7 Å². The Morgan fingerprint density at radius 1 is 1.14 bits per heavy atom. The van der Waals surface area contributed by atoms with Gasteiger partial charge >= 0.3 is 12.0 Å². The van der Waals surface area contributed by atoms with Gasteiger partial charge in [-0.15, -0.1) is 6.42 Å². The molecule has 7 rings (SSSR count). The Morgan fingerprint density at radius 2 is 1.96 bits per heavy atom. The maximum atomic E-state index is 17.1. The Kier molecular flexibility index (Phi) is 8.76. The van der Waals surface area contributed by atoms with Gasteiger partial charge in [-0.3, -0.25) is 19.5 Å². The topological polar surface area (TPSA) is 101 Å². The Labute approximate surface area is 287 Å². The molecule has 4 aromatic rings. The third-order valence-electron chi connectivity index (χ3n) is 10.3. The molecule has 50 heavy (non-hydrogen) atoms. The van der Waals surface area contributed by atoms with E-state index >= 15 is 8.78 Å². The van der Waals surface area contributed by atoms with Gasteiger partial charge in [-0.25, -0.2) is 13.2 Å². The predicted molar refractivity (Wildman–Crippen MR) is 182 cm³/mol. The molecule has 13 heteroatoms. The zero-order valence-corrected chi connectivity index (χ0v) is 28.1. The van der Waals surface area contributed by atoms with Crippen molar-refractivity contribution < 1.29 is 32.2 Å². The second-order valence-corrected chi connectivity index (χ2v) is 13.5. The standard InChI is InChI=1S/C37H37F3N6O4/c1-5-27-30(39)10-9-23-14-26(50-22(3)48)15-28(31(23)27)33-32(40)34-29(17-41-33)35(45-12-6-8-25(19-45)44(4)21(2)47)43-36(42-34)49-20-37-11-7-13-46(37)18-24(38)16-37/h1,9-10,14-15,17,24-25H,6-8,11-13,16,18-20H2,2-4H3/t24-,25-,37+/m1/s1. The molecular weight excluding hydrogens is 649 g/mol. The number of anilines is 1. The smallest absolute Gasteiger partial charge is 0.319 e. The van der Waals surface area contributed by atoms with E-state index in [1.165, 1.54) is 44.3 Å². The lowest BCUT2D eigenvalue weighted by Gasteiger charge is -2.38. The average molecular weight is 687 g/mol. The number of nitrogens with zero attached hydrogens (tertiary/aromatic N) is 6. The third-order valence-corrected chi connectivity index (χ3v) is 10.3.